The summed E-state index contributed by atoms with van der Waals surface area (Å²) in [6.45, 7) is 1.86. The van der Waals surface area contributed by atoms with Gasteiger partial charge in [0.25, 0.3) is 5.91 Å². The molecule has 9 heteroatoms. The zero-order chi connectivity index (χ0) is 19.6. The lowest BCUT2D eigenvalue weighted by Gasteiger charge is -2.11. The van der Waals surface area contributed by atoms with Crippen LogP contribution in [0, 0.1) is 6.92 Å². The fraction of sp³-hybridized carbons (Fsp3) is 0.167. The summed E-state index contributed by atoms with van der Waals surface area (Å²) < 4.78 is 25.3. The Hall–Kier alpha value is -2.62. The van der Waals surface area contributed by atoms with Gasteiger partial charge in [-0.25, -0.2) is 17.7 Å². The summed E-state index contributed by atoms with van der Waals surface area (Å²) in [4.78, 5) is 22.1. The SMILES string of the molecule is Cc1nc(NC(=O)c2ccc(S(=O)(=O)N(C)C)cc2)sc1-c1ccccn1. The Morgan fingerprint density at radius 1 is 1.11 bits per heavy atom. The van der Waals surface area contributed by atoms with Crippen molar-refractivity contribution in [3.8, 4) is 10.6 Å². The summed E-state index contributed by atoms with van der Waals surface area (Å²) >= 11 is 1.34. The van der Waals surface area contributed by atoms with Crippen LogP contribution in [0.3, 0.4) is 0 Å². The van der Waals surface area contributed by atoms with Crippen LogP contribution in [-0.4, -0.2) is 42.7 Å². The van der Waals surface area contributed by atoms with E-state index in [4.69, 9.17) is 0 Å². The van der Waals surface area contributed by atoms with Crippen LogP contribution in [0.5, 0.6) is 0 Å². The number of nitrogens with zero attached hydrogens (tertiary/aromatic N) is 3. The molecule has 0 saturated carbocycles. The predicted molar refractivity (Wildman–Crippen MR) is 105 cm³/mol. The van der Waals surface area contributed by atoms with Crippen LogP contribution in [0.2, 0.25) is 0 Å². The fourth-order valence-electron chi connectivity index (χ4n) is 2.34. The molecule has 0 atom stereocenters. The molecule has 27 heavy (non-hydrogen) atoms. The summed E-state index contributed by atoms with van der Waals surface area (Å²) in [5.41, 5.74) is 1.92. The molecule has 0 radical (unpaired) electrons. The van der Waals surface area contributed by atoms with Crippen LogP contribution in [0.4, 0.5) is 5.13 Å². The van der Waals surface area contributed by atoms with Crippen molar-refractivity contribution in [3.63, 3.8) is 0 Å². The predicted octanol–water partition coefficient (Wildman–Crippen LogP) is 3.02. The number of amides is 1. The van der Waals surface area contributed by atoms with E-state index in [0.717, 1.165) is 20.6 Å². The van der Waals surface area contributed by atoms with Crippen molar-refractivity contribution in [2.24, 2.45) is 0 Å². The zero-order valence-corrected chi connectivity index (χ0v) is 16.6. The lowest BCUT2D eigenvalue weighted by atomic mass is 10.2. The van der Waals surface area contributed by atoms with Gasteiger partial charge < -0.3 is 0 Å². The maximum absolute atomic E-state index is 12.4. The minimum Gasteiger partial charge on any atom is -0.298 e. The molecule has 1 aromatic carbocycles. The number of hydrogen-bond acceptors (Lipinski definition) is 6. The Morgan fingerprint density at radius 2 is 1.81 bits per heavy atom. The lowest BCUT2D eigenvalue weighted by molar-refractivity contribution is 0.102. The van der Waals surface area contributed by atoms with Crippen molar-refractivity contribution in [2.75, 3.05) is 19.4 Å². The first-order valence-corrected chi connectivity index (χ1v) is 10.3. The molecule has 2 heterocycles. The Bertz CT molecular complexity index is 1060. The van der Waals surface area contributed by atoms with Crippen LogP contribution in [0.1, 0.15) is 16.1 Å². The van der Waals surface area contributed by atoms with E-state index >= 15 is 0 Å². The maximum Gasteiger partial charge on any atom is 0.257 e. The van der Waals surface area contributed by atoms with E-state index in [2.05, 4.69) is 15.3 Å². The van der Waals surface area contributed by atoms with Crippen molar-refractivity contribution < 1.29 is 13.2 Å². The minimum absolute atomic E-state index is 0.131. The van der Waals surface area contributed by atoms with Crippen molar-refractivity contribution in [1.82, 2.24) is 14.3 Å². The fourth-order valence-corrected chi connectivity index (χ4v) is 4.18. The first kappa shape index (κ1) is 19.2. The lowest BCUT2D eigenvalue weighted by Crippen LogP contribution is -2.22. The molecule has 7 nitrogen and oxygen atoms in total. The van der Waals surface area contributed by atoms with Crippen molar-refractivity contribution in [3.05, 3.63) is 59.9 Å². The molecule has 3 rings (SSSR count). The van der Waals surface area contributed by atoms with E-state index in [1.54, 1.807) is 6.20 Å². The van der Waals surface area contributed by atoms with E-state index in [0.29, 0.717) is 10.7 Å². The largest absolute Gasteiger partial charge is 0.298 e. The number of aromatic nitrogens is 2. The summed E-state index contributed by atoms with van der Waals surface area (Å²) in [6, 6.07) is 11.4. The Labute approximate surface area is 161 Å². The van der Waals surface area contributed by atoms with Crippen LogP contribution >= 0.6 is 11.3 Å². The first-order valence-electron chi connectivity index (χ1n) is 8.02. The van der Waals surface area contributed by atoms with Crippen LogP contribution < -0.4 is 5.32 Å². The molecule has 0 spiro atoms. The summed E-state index contributed by atoms with van der Waals surface area (Å²) in [7, 11) is -0.610. The molecule has 0 bridgehead atoms. The number of nitrogens with one attached hydrogen (secondary N) is 1. The third-order valence-electron chi connectivity index (χ3n) is 3.81. The van der Waals surface area contributed by atoms with Gasteiger partial charge in [0.2, 0.25) is 10.0 Å². The second-order valence-electron chi connectivity index (χ2n) is 5.91. The summed E-state index contributed by atoms with van der Waals surface area (Å²) in [5.74, 6) is -0.356. The van der Waals surface area contributed by atoms with E-state index in [1.807, 2.05) is 25.1 Å². The van der Waals surface area contributed by atoms with Gasteiger partial charge in [0.1, 0.15) is 0 Å². The average molecular weight is 403 g/mol. The normalized spacial score (nSPS) is 11.6. The van der Waals surface area contributed by atoms with E-state index in [-0.39, 0.29) is 10.8 Å². The highest BCUT2D eigenvalue weighted by atomic mass is 32.2. The standard InChI is InChI=1S/C18H18N4O3S2/c1-12-16(15-6-4-5-11-19-15)26-18(20-12)21-17(23)13-7-9-14(10-8-13)27(24,25)22(2)3/h4-11H,1-3H3,(H,20,21,23). The second kappa shape index (κ2) is 7.55. The van der Waals surface area contributed by atoms with Gasteiger partial charge in [-0.15, -0.1) is 0 Å². The molecule has 2 aromatic heterocycles. The van der Waals surface area contributed by atoms with Crippen LogP contribution in [0.25, 0.3) is 10.6 Å². The number of anilines is 1. The van der Waals surface area contributed by atoms with Gasteiger partial charge in [0.05, 0.1) is 21.2 Å². The molecule has 1 N–H and O–H groups in total. The topological polar surface area (TPSA) is 92.3 Å². The molecule has 1 amide bonds. The second-order valence-corrected chi connectivity index (χ2v) is 9.07. The van der Waals surface area contributed by atoms with Gasteiger partial charge in [-0.05, 0) is 43.3 Å². The number of rotatable bonds is 5. The molecule has 0 aliphatic rings. The van der Waals surface area contributed by atoms with Crippen LogP contribution in [-0.2, 0) is 10.0 Å². The number of carbonyl (C=O) groups excluding carboxylic acids is 1. The minimum atomic E-state index is -3.53. The summed E-state index contributed by atoms with van der Waals surface area (Å²) in [5, 5.41) is 3.21. The van der Waals surface area contributed by atoms with Crippen LogP contribution in [0.15, 0.2) is 53.6 Å². The number of carbonyl (C=O) groups is 1. The number of pyridine rings is 1. The third-order valence-corrected chi connectivity index (χ3v) is 6.73. The highest BCUT2D eigenvalue weighted by Crippen LogP contribution is 2.31. The van der Waals surface area contributed by atoms with E-state index < -0.39 is 10.0 Å². The van der Waals surface area contributed by atoms with Crippen molar-refractivity contribution in [1.29, 1.82) is 0 Å². The number of aryl methyl sites for hydroxylation is 1. The van der Waals surface area contributed by atoms with Gasteiger partial charge >= 0.3 is 0 Å². The maximum atomic E-state index is 12.4. The van der Waals surface area contributed by atoms with Gasteiger partial charge in [-0.1, -0.05) is 17.4 Å². The van der Waals surface area contributed by atoms with Gasteiger partial charge in [-0.3, -0.25) is 15.1 Å². The smallest absolute Gasteiger partial charge is 0.257 e. The van der Waals surface area contributed by atoms with Gasteiger partial charge in [0.15, 0.2) is 5.13 Å². The van der Waals surface area contributed by atoms with E-state index in [1.165, 1.54) is 49.7 Å². The molecular formula is C18H18N4O3S2. The zero-order valence-electron chi connectivity index (χ0n) is 15.0. The third kappa shape index (κ3) is 4.05. The molecular weight excluding hydrogens is 384 g/mol. The molecule has 0 fully saturated rings. The Balaban J connectivity index is 1.78. The number of hydrogen-bond donors (Lipinski definition) is 1. The van der Waals surface area contributed by atoms with Gasteiger partial charge in [-0.2, -0.15) is 0 Å². The average Bonchev–Trinajstić information content (AvgIpc) is 3.02. The van der Waals surface area contributed by atoms with E-state index in [9.17, 15) is 13.2 Å². The highest BCUT2D eigenvalue weighted by molar-refractivity contribution is 7.89. The quantitative estimate of drug-likeness (QED) is 0.708. The number of benzene rings is 1. The molecule has 140 valence electrons. The summed E-state index contributed by atoms with van der Waals surface area (Å²) in [6.07, 6.45) is 1.70. The molecule has 3 aromatic rings. The van der Waals surface area contributed by atoms with Crippen molar-refractivity contribution in [2.45, 2.75) is 11.8 Å². The number of sulfonamides is 1. The highest BCUT2D eigenvalue weighted by Gasteiger charge is 2.18. The molecule has 0 aliphatic heterocycles. The van der Waals surface area contributed by atoms with Gasteiger partial charge in [0, 0.05) is 25.9 Å². The number of thiazole rings is 1. The Kier molecular flexibility index (Phi) is 5.36. The molecule has 0 aliphatic carbocycles. The van der Waals surface area contributed by atoms with Crippen molar-refractivity contribution >= 4 is 32.4 Å². The molecule has 0 saturated heterocycles. The molecule has 0 unspecified atom stereocenters. The monoisotopic (exact) mass is 402 g/mol. The first-order chi connectivity index (χ1) is 12.8. The Morgan fingerprint density at radius 3 is 2.41 bits per heavy atom.